The van der Waals surface area contributed by atoms with Gasteiger partial charge in [0.05, 0.1) is 6.04 Å². The summed E-state index contributed by atoms with van der Waals surface area (Å²) in [7, 11) is 0. The molecule has 0 spiro atoms. The Hall–Kier alpha value is -2.29. The van der Waals surface area contributed by atoms with Crippen LogP contribution in [-0.2, 0) is 10.2 Å². The third-order valence-electron chi connectivity index (χ3n) is 4.50. The summed E-state index contributed by atoms with van der Waals surface area (Å²) >= 11 is 0. The van der Waals surface area contributed by atoms with E-state index in [1.165, 1.54) is 11.1 Å². The van der Waals surface area contributed by atoms with Gasteiger partial charge in [-0.2, -0.15) is 0 Å². The third kappa shape index (κ3) is 5.35. The fourth-order valence-electron chi connectivity index (χ4n) is 2.59. The summed E-state index contributed by atoms with van der Waals surface area (Å²) in [4.78, 5) is 12.1. The third-order valence-corrected chi connectivity index (χ3v) is 4.50. The highest BCUT2D eigenvalue weighted by atomic mass is 16.5. The van der Waals surface area contributed by atoms with E-state index in [-0.39, 0.29) is 24.0 Å². The van der Waals surface area contributed by atoms with Crippen LogP contribution in [-0.4, -0.2) is 12.5 Å². The van der Waals surface area contributed by atoms with Gasteiger partial charge in [-0.3, -0.25) is 4.79 Å². The molecular weight excluding hydrogens is 310 g/mol. The Kier molecular flexibility index (Phi) is 5.89. The van der Waals surface area contributed by atoms with Crippen LogP contribution >= 0.6 is 0 Å². The monoisotopic (exact) mass is 339 g/mol. The molecule has 3 heteroatoms. The number of carbonyl (C=O) groups excluding carboxylic acids is 1. The van der Waals surface area contributed by atoms with E-state index in [4.69, 9.17) is 4.74 Å². The molecule has 2 aromatic rings. The Labute approximate surface area is 151 Å². The molecule has 0 aliphatic carbocycles. The van der Waals surface area contributed by atoms with E-state index < -0.39 is 0 Å². The van der Waals surface area contributed by atoms with Gasteiger partial charge in [-0.1, -0.05) is 51.1 Å². The van der Waals surface area contributed by atoms with Crippen LogP contribution in [0.15, 0.2) is 42.5 Å². The molecule has 1 atom stereocenters. The number of aryl methyl sites for hydroxylation is 2. The summed E-state index contributed by atoms with van der Waals surface area (Å²) < 4.78 is 5.59. The number of carbonyl (C=O) groups is 1. The molecule has 2 aromatic carbocycles. The minimum atomic E-state index is -0.120. The van der Waals surface area contributed by atoms with Gasteiger partial charge in [-0.05, 0) is 60.6 Å². The molecule has 0 bridgehead atoms. The van der Waals surface area contributed by atoms with Crippen LogP contribution in [0.1, 0.15) is 56.0 Å². The average molecular weight is 339 g/mol. The average Bonchev–Trinajstić information content (AvgIpc) is 2.55. The largest absolute Gasteiger partial charge is 0.484 e. The first kappa shape index (κ1) is 19.0. The molecule has 25 heavy (non-hydrogen) atoms. The van der Waals surface area contributed by atoms with Crippen molar-refractivity contribution in [3.63, 3.8) is 0 Å². The lowest BCUT2D eigenvalue weighted by molar-refractivity contribution is -0.123. The molecule has 0 aliphatic heterocycles. The van der Waals surface area contributed by atoms with Gasteiger partial charge in [0.25, 0.3) is 5.91 Å². The molecule has 0 heterocycles. The van der Waals surface area contributed by atoms with Gasteiger partial charge < -0.3 is 10.1 Å². The van der Waals surface area contributed by atoms with Crippen LogP contribution in [0.25, 0.3) is 0 Å². The maximum Gasteiger partial charge on any atom is 0.258 e. The van der Waals surface area contributed by atoms with E-state index in [0.717, 1.165) is 16.9 Å². The van der Waals surface area contributed by atoms with Crippen molar-refractivity contribution in [1.82, 2.24) is 5.32 Å². The Morgan fingerprint density at radius 2 is 1.68 bits per heavy atom. The lowest BCUT2D eigenvalue weighted by atomic mass is 9.86. The molecule has 134 valence electrons. The molecule has 0 saturated carbocycles. The van der Waals surface area contributed by atoms with Crippen molar-refractivity contribution >= 4 is 5.91 Å². The molecule has 0 aromatic heterocycles. The van der Waals surface area contributed by atoms with Gasteiger partial charge in [0.2, 0.25) is 0 Å². The predicted molar refractivity (Wildman–Crippen MR) is 103 cm³/mol. The Morgan fingerprint density at radius 3 is 2.24 bits per heavy atom. The van der Waals surface area contributed by atoms with Crippen molar-refractivity contribution in [3.05, 3.63) is 64.7 Å². The summed E-state index contributed by atoms with van der Waals surface area (Å²) in [6, 6.07) is 14.2. The Bertz CT molecular complexity index is 727. The van der Waals surface area contributed by atoms with E-state index in [9.17, 15) is 4.79 Å². The number of rotatable bonds is 5. The molecular formula is C22H29NO2. The Morgan fingerprint density at radius 1 is 1.04 bits per heavy atom. The van der Waals surface area contributed by atoms with Gasteiger partial charge >= 0.3 is 0 Å². The maximum absolute atomic E-state index is 12.1. The fraction of sp³-hybridized carbons (Fsp3) is 0.409. The quantitative estimate of drug-likeness (QED) is 0.845. The zero-order chi connectivity index (χ0) is 18.6. The van der Waals surface area contributed by atoms with E-state index in [2.05, 4.69) is 57.3 Å². The molecule has 0 radical (unpaired) electrons. The van der Waals surface area contributed by atoms with Crippen LogP contribution in [0, 0.1) is 13.8 Å². The Balaban J connectivity index is 1.90. The van der Waals surface area contributed by atoms with Gasteiger partial charge in [-0.25, -0.2) is 0 Å². The molecule has 2 rings (SSSR count). The van der Waals surface area contributed by atoms with Crippen LogP contribution in [0.5, 0.6) is 5.75 Å². The number of benzene rings is 2. The fourth-order valence-corrected chi connectivity index (χ4v) is 2.59. The summed E-state index contributed by atoms with van der Waals surface area (Å²) in [6.07, 6.45) is 0. The molecule has 0 saturated heterocycles. The van der Waals surface area contributed by atoms with Crippen LogP contribution in [0.4, 0.5) is 0 Å². The van der Waals surface area contributed by atoms with Gasteiger partial charge in [-0.15, -0.1) is 0 Å². The second kappa shape index (κ2) is 7.73. The standard InChI is InChI=1S/C22H29NO2/c1-15-7-12-20(13-16(15)2)25-14-21(24)23-17(3)18-8-10-19(11-9-18)22(4,5)6/h7-13,17H,14H2,1-6H3,(H,23,24). The van der Waals surface area contributed by atoms with E-state index in [1.807, 2.05) is 32.0 Å². The topological polar surface area (TPSA) is 38.3 Å². The number of ether oxygens (including phenoxy) is 1. The smallest absolute Gasteiger partial charge is 0.258 e. The molecule has 0 aliphatic rings. The number of hydrogen-bond acceptors (Lipinski definition) is 2. The van der Waals surface area contributed by atoms with Crippen LogP contribution in [0.2, 0.25) is 0 Å². The molecule has 0 fully saturated rings. The number of nitrogens with one attached hydrogen (secondary N) is 1. The molecule has 1 unspecified atom stereocenters. The first-order valence-electron chi connectivity index (χ1n) is 8.76. The lowest BCUT2D eigenvalue weighted by Gasteiger charge is -2.20. The summed E-state index contributed by atoms with van der Waals surface area (Å²) in [5.41, 5.74) is 4.88. The van der Waals surface area contributed by atoms with Crippen molar-refractivity contribution in [2.24, 2.45) is 0 Å². The lowest BCUT2D eigenvalue weighted by Crippen LogP contribution is -2.31. The van der Waals surface area contributed by atoms with Crippen molar-refractivity contribution < 1.29 is 9.53 Å². The predicted octanol–water partition coefficient (Wildman–Crippen LogP) is 4.86. The van der Waals surface area contributed by atoms with E-state index in [1.54, 1.807) is 0 Å². The van der Waals surface area contributed by atoms with Crippen molar-refractivity contribution in [1.29, 1.82) is 0 Å². The van der Waals surface area contributed by atoms with Crippen molar-refractivity contribution in [2.75, 3.05) is 6.61 Å². The normalized spacial score (nSPS) is 12.6. The summed E-state index contributed by atoms with van der Waals surface area (Å²) in [5, 5.41) is 2.99. The molecule has 1 N–H and O–H groups in total. The van der Waals surface area contributed by atoms with Gasteiger partial charge in [0.1, 0.15) is 5.75 Å². The highest BCUT2D eigenvalue weighted by molar-refractivity contribution is 5.78. The van der Waals surface area contributed by atoms with Crippen LogP contribution in [0.3, 0.4) is 0 Å². The number of hydrogen-bond donors (Lipinski definition) is 1. The highest BCUT2D eigenvalue weighted by Crippen LogP contribution is 2.24. The maximum atomic E-state index is 12.1. The van der Waals surface area contributed by atoms with Crippen molar-refractivity contribution in [2.45, 2.75) is 53.0 Å². The van der Waals surface area contributed by atoms with Gasteiger partial charge in [0.15, 0.2) is 6.61 Å². The molecule has 1 amide bonds. The second-order valence-electron chi connectivity index (χ2n) is 7.70. The minimum absolute atomic E-state index is 0.0207. The van der Waals surface area contributed by atoms with Crippen molar-refractivity contribution in [3.8, 4) is 5.75 Å². The zero-order valence-electron chi connectivity index (χ0n) is 16.1. The van der Waals surface area contributed by atoms with Gasteiger partial charge in [0, 0.05) is 0 Å². The van der Waals surface area contributed by atoms with E-state index >= 15 is 0 Å². The minimum Gasteiger partial charge on any atom is -0.484 e. The molecule has 3 nitrogen and oxygen atoms in total. The zero-order valence-corrected chi connectivity index (χ0v) is 16.1. The van der Waals surface area contributed by atoms with Crippen LogP contribution < -0.4 is 10.1 Å². The SMILES string of the molecule is Cc1ccc(OCC(=O)NC(C)c2ccc(C(C)(C)C)cc2)cc1C. The number of amides is 1. The summed E-state index contributed by atoms with van der Waals surface area (Å²) in [5.74, 6) is 0.603. The summed E-state index contributed by atoms with van der Waals surface area (Å²) in [6.45, 7) is 12.7. The highest BCUT2D eigenvalue weighted by Gasteiger charge is 2.15. The first-order chi connectivity index (χ1) is 11.7. The first-order valence-corrected chi connectivity index (χ1v) is 8.76. The second-order valence-corrected chi connectivity index (χ2v) is 7.70. The van der Waals surface area contributed by atoms with E-state index in [0.29, 0.717) is 0 Å².